The average Bonchev–Trinajstić information content (AvgIpc) is 2.89. The molecule has 1 aliphatic rings. The Balaban J connectivity index is 0.000000417. The molecule has 4 aromatic rings. The van der Waals surface area contributed by atoms with Crippen molar-refractivity contribution in [3.63, 3.8) is 0 Å². The minimum absolute atomic E-state index is 0.0922. The Hall–Kier alpha value is -3.21. The first kappa shape index (κ1) is 27.8. The minimum Gasteiger partial charge on any atom is -0.368 e. The number of alkyl halides is 1. The molecular formula is C27H31ClFN7OS. The average molecular weight is 556 g/mol. The van der Waals surface area contributed by atoms with Crippen molar-refractivity contribution in [2.24, 2.45) is 0 Å². The molecule has 8 nitrogen and oxygen atoms in total. The summed E-state index contributed by atoms with van der Waals surface area (Å²) in [6.45, 7) is 7.32. The van der Waals surface area contributed by atoms with Gasteiger partial charge in [0.1, 0.15) is 17.6 Å². The number of nitrogens with one attached hydrogen (secondary N) is 2. The lowest BCUT2D eigenvalue weighted by atomic mass is 10.0. The number of benzene rings is 1. The zero-order valence-electron chi connectivity index (χ0n) is 21.5. The number of rotatable bonds is 5. The van der Waals surface area contributed by atoms with Crippen LogP contribution in [0.5, 0.6) is 0 Å². The van der Waals surface area contributed by atoms with Crippen LogP contribution in [0.1, 0.15) is 38.4 Å². The highest BCUT2D eigenvalue weighted by atomic mass is 35.5. The maximum atomic E-state index is 13.3. The van der Waals surface area contributed by atoms with Crippen LogP contribution in [0.4, 0.5) is 16.2 Å². The summed E-state index contributed by atoms with van der Waals surface area (Å²) in [6, 6.07) is 13.0. The highest BCUT2D eigenvalue weighted by Crippen LogP contribution is 2.29. The summed E-state index contributed by atoms with van der Waals surface area (Å²) < 4.78 is 17.0. The van der Waals surface area contributed by atoms with Gasteiger partial charge in [0.15, 0.2) is 0 Å². The zero-order valence-corrected chi connectivity index (χ0v) is 23.1. The van der Waals surface area contributed by atoms with Gasteiger partial charge in [0, 0.05) is 45.9 Å². The van der Waals surface area contributed by atoms with Crippen molar-refractivity contribution in [1.82, 2.24) is 24.8 Å². The second-order valence-electron chi connectivity index (χ2n) is 9.24. The molecule has 3 aromatic heterocycles. The number of hydrogen-bond donors (Lipinski definition) is 3. The quantitative estimate of drug-likeness (QED) is 0.265. The number of nitrogens with zero attached hydrogens (tertiary/aromatic N) is 4. The van der Waals surface area contributed by atoms with Crippen molar-refractivity contribution in [3.8, 4) is 11.1 Å². The van der Waals surface area contributed by atoms with E-state index in [4.69, 9.17) is 17.3 Å². The van der Waals surface area contributed by atoms with Gasteiger partial charge in [0.2, 0.25) is 5.95 Å². The first-order valence-electron chi connectivity index (χ1n) is 12.4. The number of fused-ring (bicyclic) bond motifs is 1. The van der Waals surface area contributed by atoms with Gasteiger partial charge in [0.25, 0.3) is 5.56 Å². The molecule has 5 rings (SSSR count). The number of nitrogen functional groups attached to an aromatic ring is 1. The van der Waals surface area contributed by atoms with E-state index in [-0.39, 0.29) is 17.5 Å². The number of aryl methyl sites for hydroxylation is 1. The number of aromatic nitrogens is 4. The van der Waals surface area contributed by atoms with E-state index < -0.39 is 6.17 Å². The first-order valence-corrected chi connectivity index (χ1v) is 13.6. The van der Waals surface area contributed by atoms with Crippen molar-refractivity contribution in [3.05, 3.63) is 69.7 Å². The van der Waals surface area contributed by atoms with Crippen LogP contribution in [-0.4, -0.2) is 38.8 Å². The molecule has 4 heterocycles. The summed E-state index contributed by atoms with van der Waals surface area (Å²) >= 11 is 7.59. The number of halogens is 2. The maximum Gasteiger partial charge on any atom is 0.260 e. The van der Waals surface area contributed by atoms with Gasteiger partial charge in [-0.3, -0.25) is 9.36 Å². The van der Waals surface area contributed by atoms with Crippen molar-refractivity contribution in [2.45, 2.75) is 50.7 Å². The Bertz CT molecular complexity index is 1470. The van der Waals surface area contributed by atoms with Gasteiger partial charge in [-0.1, -0.05) is 23.7 Å². The van der Waals surface area contributed by atoms with Crippen LogP contribution in [0.15, 0.2) is 58.4 Å². The Kier molecular flexibility index (Phi) is 9.19. The van der Waals surface area contributed by atoms with E-state index in [9.17, 15) is 9.18 Å². The monoisotopic (exact) mass is 555 g/mol. The lowest BCUT2D eigenvalue weighted by molar-refractivity contribution is 0.266. The summed E-state index contributed by atoms with van der Waals surface area (Å²) in [5, 5.41) is 4.37. The van der Waals surface area contributed by atoms with Crippen LogP contribution in [0.2, 0.25) is 5.02 Å². The molecule has 4 N–H and O–H groups in total. The Labute approximate surface area is 230 Å². The fourth-order valence-corrected chi connectivity index (χ4v) is 5.04. The summed E-state index contributed by atoms with van der Waals surface area (Å²) in [5.74, 6) is 0.811. The molecule has 0 radical (unpaired) electrons. The van der Waals surface area contributed by atoms with Crippen LogP contribution >= 0.6 is 23.5 Å². The second-order valence-corrected chi connectivity index (χ2v) is 10.5. The van der Waals surface area contributed by atoms with Crippen molar-refractivity contribution < 1.29 is 4.39 Å². The summed E-state index contributed by atoms with van der Waals surface area (Å²) in [7, 11) is 0. The van der Waals surface area contributed by atoms with Gasteiger partial charge in [-0.25, -0.2) is 14.4 Å². The Morgan fingerprint density at radius 2 is 2.00 bits per heavy atom. The molecular weight excluding hydrogens is 525 g/mol. The van der Waals surface area contributed by atoms with Gasteiger partial charge in [-0.2, -0.15) is 4.98 Å². The van der Waals surface area contributed by atoms with Crippen LogP contribution in [-0.2, 0) is 0 Å². The predicted octanol–water partition coefficient (Wildman–Crippen LogP) is 5.81. The lowest BCUT2D eigenvalue weighted by Crippen LogP contribution is -2.30. The van der Waals surface area contributed by atoms with Gasteiger partial charge in [-0.15, -0.1) is 0 Å². The Morgan fingerprint density at radius 3 is 2.63 bits per heavy atom. The number of piperidine rings is 1. The SMILES string of the molecule is Cc1nc(NSc2ccccc2Cl)ccc1-c1cc2cnc(N)nc2n(C(C)C)c1=O.FC1CCCNC1. The van der Waals surface area contributed by atoms with E-state index >= 15 is 0 Å². The van der Waals surface area contributed by atoms with E-state index in [1.54, 1.807) is 16.8 Å². The molecule has 38 heavy (non-hydrogen) atoms. The summed E-state index contributed by atoms with van der Waals surface area (Å²) in [4.78, 5) is 27.2. The maximum absolute atomic E-state index is 13.3. The fraction of sp³-hybridized carbons (Fsp3) is 0.333. The molecule has 1 saturated heterocycles. The predicted molar refractivity (Wildman–Crippen MR) is 154 cm³/mol. The molecule has 0 bridgehead atoms. The van der Waals surface area contributed by atoms with E-state index in [2.05, 4.69) is 25.0 Å². The van der Waals surface area contributed by atoms with Gasteiger partial charge in [-0.05, 0) is 82.4 Å². The lowest BCUT2D eigenvalue weighted by Gasteiger charge is -2.16. The number of nitrogens with two attached hydrogens (primary N) is 1. The molecule has 11 heteroatoms. The van der Waals surface area contributed by atoms with E-state index in [0.29, 0.717) is 28.6 Å². The fourth-order valence-electron chi connectivity index (χ4n) is 4.15. The van der Waals surface area contributed by atoms with E-state index in [1.807, 2.05) is 57.2 Å². The minimum atomic E-state index is -0.575. The molecule has 0 spiro atoms. The highest BCUT2D eigenvalue weighted by Gasteiger charge is 2.17. The molecule has 1 fully saturated rings. The van der Waals surface area contributed by atoms with Crippen LogP contribution < -0.4 is 21.3 Å². The van der Waals surface area contributed by atoms with Crippen LogP contribution in [0.3, 0.4) is 0 Å². The zero-order chi connectivity index (χ0) is 27.2. The molecule has 0 amide bonds. The number of hydrogen-bond acceptors (Lipinski definition) is 8. The molecule has 200 valence electrons. The van der Waals surface area contributed by atoms with Crippen LogP contribution in [0.25, 0.3) is 22.2 Å². The van der Waals surface area contributed by atoms with Crippen molar-refractivity contribution >= 4 is 46.3 Å². The largest absolute Gasteiger partial charge is 0.368 e. The smallest absolute Gasteiger partial charge is 0.260 e. The molecule has 1 aliphatic heterocycles. The van der Waals surface area contributed by atoms with Gasteiger partial charge >= 0.3 is 0 Å². The highest BCUT2D eigenvalue weighted by molar-refractivity contribution is 8.00. The molecule has 0 aliphatic carbocycles. The van der Waals surface area contributed by atoms with Crippen LogP contribution in [0, 0.1) is 6.92 Å². The standard InChI is InChI=1S/C22H21ClN6OS.C5H10FN/c1-12(2)29-20-14(11-25-22(24)27-20)10-16(21(29)30)15-8-9-19(26-13(15)3)28-31-18-7-5-4-6-17(18)23;6-5-2-1-3-7-4-5/h4-12H,1-3H3,(H,26,28)(H2,24,25,27);5,7H,1-4H2. The van der Waals surface area contributed by atoms with Gasteiger partial charge in [0.05, 0.1) is 5.02 Å². The van der Waals surface area contributed by atoms with Crippen molar-refractivity contribution in [1.29, 1.82) is 0 Å². The number of pyridine rings is 2. The normalized spacial score (nSPS) is 15.3. The third-order valence-electron chi connectivity index (χ3n) is 6.02. The van der Waals surface area contributed by atoms with Crippen molar-refractivity contribution in [2.75, 3.05) is 23.5 Å². The second kappa shape index (κ2) is 12.6. The summed E-state index contributed by atoms with van der Waals surface area (Å²) in [5.41, 5.74) is 8.16. The molecule has 1 atom stereocenters. The number of anilines is 2. The molecule has 1 aromatic carbocycles. The molecule has 1 unspecified atom stereocenters. The summed E-state index contributed by atoms with van der Waals surface area (Å²) in [6.07, 6.45) is 2.82. The van der Waals surface area contributed by atoms with Gasteiger partial charge < -0.3 is 15.8 Å². The molecule has 0 saturated carbocycles. The van der Waals surface area contributed by atoms with E-state index in [1.165, 1.54) is 11.9 Å². The third kappa shape index (κ3) is 6.61. The topological polar surface area (TPSA) is 111 Å². The third-order valence-corrected chi connectivity index (χ3v) is 7.35. The first-order chi connectivity index (χ1) is 18.2. The Morgan fingerprint density at radius 1 is 1.21 bits per heavy atom. The van der Waals surface area contributed by atoms with E-state index in [0.717, 1.165) is 40.9 Å².